The maximum atomic E-state index is 13.5. The van der Waals surface area contributed by atoms with Gasteiger partial charge < -0.3 is 5.32 Å². The van der Waals surface area contributed by atoms with Crippen molar-refractivity contribution >= 4 is 23.2 Å². The summed E-state index contributed by atoms with van der Waals surface area (Å²) in [6.07, 6.45) is -0.0160. The molecule has 2 rings (SSSR count). The summed E-state index contributed by atoms with van der Waals surface area (Å²) < 4.78 is 13.5. The van der Waals surface area contributed by atoms with Crippen LogP contribution in [0.4, 0.5) is 10.1 Å². The molecule has 0 atom stereocenters. The molecule has 0 saturated carbocycles. The van der Waals surface area contributed by atoms with Crippen molar-refractivity contribution in [1.82, 2.24) is 0 Å². The van der Waals surface area contributed by atoms with Crippen LogP contribution in [0.15, 0.2) is 48.5 Å². The minimum absolute atomic E-state index is 0.0160. The van der Waals surface area contributed by atoms with Gasteiger partial charge in [0, 0.05) is 10.7 Å². The lowest BCUT2D eigenvalue weighted by Crippen LogP contribution is -2.15. The fourth-order valence-electron chi connectivity index (χ4n) is 1.56. The first-order valence-electron chi connectivity index (χ1n) is 5.44. The molecule has 0 aliphatic carbocycles. The number of carbonyl (C=O) groups excluding carboxylic acids is 1. The zero-order valence-electron chi connectivity index (χ0n) is 9.49. The van der Waals surface area contributed by atoms with Crippen molar-refractivity contribution in [1.29, 1.82) is 0 Å². The average molecular weight is 264 g/mol. The van der Waals surface area contributed by atoms with Gasteiger partial charge in [0.25, 0.3) is 0 Å². The third-order valence-electron chi connectivity index (χ3n) is 2.42. The number of benzene rings is 2. The molecule has 0 heterocycles. The van der Waals surface area contributed by atoms with Crippen LogP contribution in [0.2, 0.25) is 5.02 Å². The number of hydrogen-bond acceptors (Lipinski definition) is 1. The number of hydrogen-bond donors (Lipinski definition) is 1. The first kappa shape index (κ1) is 12.6. The molecule has 18 heavy (non-hydrogen) atoms. The van der Waals surface area contributed by atoms with E-state index in [0.717, 1.165) is 0 Å². The van der Waals surface area contributed by atoms with E-state index in [0.29, 0.717) is 16.3 Å². The number of para-hydroxylation sites is 1. The molecule has 0 fully saturated rings. The predicted octanol–water partition coefficient (Wildman–Crippen LogP) is 3.66. The maximum Gasteiger partial charge on any atom is 0.228 e. The summed E-state index contributed by atoms with van der Waals surface area (Å²) >= 11 is 5.64. The molecular formula is C14H11ClFNO. The lowest BCUT2D eigenvalue weighted by Gasteiger charge is -2.06. The Bertz CT molecular complexity index is 557. The van der Waals surface area contributed by atoms with Gasteiger partial charge in [0.05, 0.1) is 6.42 Å². The first-order chi connectivity index (χ1) is 8.65. The first-order valence-corrected chi connectivity index (χ1v) is 5.82. The summed E-state index contributed by atoms with van der Waals surface area (Å²) in [4.78, 5) is 11.7. The van der Waals surface area contributed by atoms with Crippen LogP contribution in [0.5, 0.6) is 0 Å². The van der Waals surface area contributed by atoms with Crippen LogP contribution in [0.3, 0.4) is 0 Å². The monoisotopic (exact) mass is 263 g/mol. The average Bonchev–Trinajstić information content (AvgIpc) is 2.34. The van der Waals surface area contributed by atoms with E-state index in [-0.39, 0.29) is 12.3 Å². The van der Waals surface area contributed by atoms with Gasteiger partial charge in [-0.1, -0.05) is 35.9 Å². The zero-order chi connectivity index (χ0) is 13.0. The lowest BCUT2D eigenvalue weighted by atomic mass is 10.1. The molecule has 0 unspecified atom stereocenters. The van der Waals surface area contributed by atoms with E-state index in [2.05, 4.69) is 5.32 Å². The second kappa shape index (κ2) is 5.65. The Morgan fingerprint density at radius 1 is 1.17 bits per heavy atom. The van der Waals surface area contributed by atoms with Gasteiger partial charge in [0.15, 0.2) is 0 Å². The molecule has 92 valence electrons. The zero-order valence-corrected chi connectivity index (χ0v) is 10.2. The van der Waals surface area contributed by atoms with E-state index < -0.39 is 5.82 Å². The molecule has 0 radical (unpaired) electrons. The molecule has 1 N–H and O–H groups in total. The van der Waals surface area contributed by atoms with E-state index in [1.807, 2.05) is 18.2 Å². The quantitative estimate of drug-likeness (QED) is 0.900. The molecule has 0 saturated heterocycles. The van der Waals surface area contributed by atoms with Crippen molar-refractivity contribution in [3.8, 4) is 0 Å². The summed E-state index contributed by atoms with van der Waals surface area (Å²) in [5.74, 6) is -0.729. The van der Waals surface area contributed by atoms with Gasteiger partial charge in [-0.05, 0) is 29.8 Å². The van der Waals surface area contributed by atoms with Gasteiger partial charge in [-0.15, -0.1) is 0 Å². The van der Waals surface area contributed by atoms with E-state index in [4.69, 9.17) is 11.6 Å². The number of amides is 1. The van der Waals surface area contributed by atoms with Gasteiger partial charge >= 0.3 is 0 Å². The number of rotatable bonds is 3. The Morgan fingerprint density at radius 2 is 1.89 bits per heavy atom. The lowest BCUT2D eigenvalue weighted by molar-refractivity contribution is -0.115. The highest BCUT2D eigenvalue weighted by atomic mass is 35.5. The molecule has 4 heteroatoms. The van der Waals surface area contributed by atoms with E-state index in [9.17, 15) is 9.18 Å². The number of carbonyl (C=O) groups is 1. The van der Waals surface area contributed by atoms with Crippen LogP contribution in [0, 0.1) is 5.82 Å². The van der Waals surface area contributed by atoms with Crippen LogP contribution >= 0.6 is 11.6 Å². The van der Waals surface area contributed by atoms with Crippen molar-refractivity contribution in [2.45, 2.75) is 6.42 Å². The summed E-state index contributed by atoms with van der Waals surface area (Å²) in [5, 5.41) is 3.01. The Labute approximate surface area is 109 Å². The van der Waals surface area contributed by atoms with Crippen molar-refractivity contribution in [3.05, 3.63) is 64.9 Å². The largest absolute Gasteiger partial charge is 0.326 e. The van der Waals surface area contributed by atoms with Gasteiger partial charge in [-0.2, -0.15) is 0 Å². The van der Waals surface area contributed by atoms with Crippen LogP contribution in [-0.2, 0) is 11.2 Å². The van der Waals surface area contributed by atoms with Crippen molar-refractivity contribution < 1.29 is 9.18 Å². The Kier molecular flexibility index (Phi) is 3.95. The summed E-state index contributed by atoms with van der Waals surface area (Å²) in [6, 6.07) is 13.3. The fraction of sp³-hybridized carbons (Fsp3) is 0.0714. The molecule has 0 aliphatic heterocycles. The maximum absolute atomic E-state index is 13.5. The number of anilines is 1. The topological polar surface area (TPSA) is 29.1 Å². The SMILES string of the molecule is O=C(Cc1ccc(Cl)cc1F)Nc1ccccc1. The van der Waals surface area contributed by atoms with Gasteiger partial charge in [0.2, 0.25) is 5.91 Å². The Morgan fingerprint density at radius 3 is 2.56 bits per heavy atom. The predicted molar refractivity (Wildman–Crippen MR) is 70.2 cm³/mol. The molecule has 1 amide bonds. The van der Waals surface area contributed by atoms with E-state index in [1.165, 1.54) is 12.1 Å². The molecule has 0 bridgehead atoms. The van der Waals surface area contributed by atoms with Gasteiger partial charge in [0.1, 0.15) is 5.82 Å². The second-order valence-electron chi connectivity index (χ2n) is 3.83. The second-order valence-corrected chi connectivity index (χ2v) is 4.26. The minimum atomic E-state index is -0.467. The van der Waals surface area contributed by atoms with Crippen LogP contribution in [0.1, 0.15) is 5.56 Å². The van der Waals surface area contributed by atoms with Crippen LogP contribution in [-0.4, -0.2) is 5.91 Å². The van der Waals surface area contributed by atoms with Crippen LogP contribution in [0.25, 0.3) is 0 Å². The summed E-state index contributed by atoms with van der Waals surface area (Å²) in [6.45, 7) is 0. The van der Waals surface area contributed by atoms with E-state index in [1.54, 1.807) is 18.2 Å². The Hall–Kier alpha value is -1.87. The summed E-state index contributed by atoms with van der Waals surface area (Å²) in [5.41, 5.74) is 1.02. The smallest absolute Gasteiger partial charge is 0.228 e. The molecule has 0 aliphatic rings. The van der Waals surface area contributed by atoms with Crippen molar-refractivity contribution in [2.24, 2.45) is 0 Å². The Balaban J connectivity index is 2.03. The highest BCUT2D eigenvalue weighted by Gasteiger charge is 2.08. The highest BCUT2D eigenvalue weighted by molar-refractivity contribution is 6.30. The fourth-order valence-corrected chi connectivity index (χ4v) is 1.72. The molecular weight excluding hydrogens is 253 g/mol. The summed E-state index contributed by atoms with van der Waals surface area (Å²) in [7, 11) is 0. The third kappa shape index (κ3) is 3.31. The molecule has 0 spiro atoms. The van der Waals surface area contributed by atoms with Crippen molar-refractivity contribution in [2.75, 3.05) is 5.32 Å². The normalized spacial score (nSPS) is 10.1. The number of nitrogens with one attached hydrogen (secondary N) is 1. The molecule has 2 aromatic rings. The number of halogens is 2. The highest BCUT2D eigenvalue weighted by Crippen LogP contribution is 2.15. The van der Waals surface area contributed by atoms with E-state index >= 15 is 0 Å². The van der Waals surface area contributed by atoms with Crippen molar-refractivity contribution in [3.63, 3.8) is 0 Å². The molecule has 2 aromatic carbocycles. The molecule has 0 aromatic heterocycles. The van der Waals surface area contributed by atoms with Gasteiger partial charge in [-0.25, -0.2) is 4.39 Å². The molecule has 2 nitrogen and oxygen atoms in total. The minimum Gasteiger partial charge on any atom is -0.326 e. The van der Waals surface area contributed by atoms with Gasteiger partial charge in [-0.3, -0.25) is 4.79 Å². The van der Waals surface area contributed by atoms with Crippen LogP contribution < -0.4 is 5.32 Å². The standard InChI is InChI=1S/C14H11ClFNO/c15-11-7-6-10(13(16)9-11)8-14(18)17-12-4-2-1-3-5-12/h1-7,9H,8H2,(H,17,18). The third-order valence-corrected chi connectivity index (χ3v) is 2.66.